The zero-order valence-corrected chi connectivity index (χ0v) is 13.4. The average molecular weight is 306 g/mol. The number of rotatable bonds is 5. The molecule has 1 aromatic heterocycles. The zero-order chi connectivity index (χ0) is 15.0. The summed E-state index contributed by atoms with van der Waals surface area (Å²) in [5, 5.41) is 7.15. The van der Waals surface area contributed by atoms with Crippen LogP contribution in [0.25, 0.3) is 0 Å². The van der Waals surface area contributed by atoms with E-state index in [1.54, 1.807) is 11.3 Å². The van der Waals surface area contributed by atoms with Crippen molar-refractivity contribution in [2.45, 2.75) is 51.1 Å². The fraction of sp³-hybridized carbons (Fsp3) is 0.625. The van der Waals surface area contributed by atoms with Gasteiger partial charge < -0.3 is 10.2 Å². The SMILES string of the molecule is CCC1C(=O)NC(C)(C2CC2)C(=O)N1CCc1ccsc1. The third-order valence-electron chi connectivity index (χ3n) is 4.77. The summed E-state index contributed by atoms with van der Waals surface area (Å²) in [6, 6.07) is 1.77. The van der Waals surface area contributed by atoms with Crippen LogP contribution in [0.15, 0.2) is 16.8 Å². The standard InChI is InChI=1S/C16H22N2O2S/c1-3-13-14(19)17-16(2,12-4-5-12)15(20)18(13)8-6-11-7-9-21-10-11/h7,9-10,12-13H,3-6,8H2,1-2H3,(H,17,19). The Balaban J connectivity index is 1.79. The van der Waals surface area contributed by atoms with E-state index in [1.165, 1.54) is 5.56 Å². The van der Waals surface area contributed by atoms with Crippen molar-refractivity contribution in [3.8, 4) is 0 Å². The van der Waals surface area contributed by atoms with Crippen LogP contribution in [-0.4, -0.2) is 34.8 Å². The first kappa shape index (κ1) is 14.6. The number of hydrogen-bond acceptors (Lipinski definition) is 3. The summed E-state index contributed by atoms with van der Waals surface area (Å²) in [4.78, 5) is 27.1. The zero-order valence-electron chi connectivity index (χ0n) is 12.6. The van der Waals surface area contributed by atoms with Gasteiger partial charge in [-0.2, -0.15) is 11.3 Å². The lowest BCUT2D eigenvalue weighted by Crippen LogP contribution is -2.70. The fourth-order valence-electron chi connectivity index (χ4n) is 3.26. The lowest BCUT2D eigenvalue weighted by molar-refractivity contribution is -0.155. The highest BCUT2D eigenvalue weighted by atomic mass is 32.1. The molecule has 1 aliphatic carbocycles. The first-order valence-electron chi connectivity index (χ1n) is 7.70. The Morgan fingerprint density at radius 2 is 2.19 bits per heavy atom. The van der Waals surface area contributed by atoms with Crippen LogP contribution >= 0.6 is 11.3 Å². The monoisotopic (exact) mass is 306 g/mol. The van der Waals surface area contributed by atoms with E-state index in [-0.39, 0.29) is 17.9 Å². The van der Waals surface area contributed by atoms with Gasteiger partial charge in [-0.15, -0.1) is 0 Å². The van der Waals surface area contributed by atoms with E-state index >= 15 is 0 Å². The number of carbonyl (C=O) groups is 2. The molecule has 1 N–H and O–H groups in total. The van der Waals surface area contributed by atoms with Gasteiger partial charge in [0.15, 0.2) is 0 Å². The highest BCUT2D eigenvalue weighted by Crippen LogP contribution is 2.42. The Morgan fingerprint density at radius 1 is 1.43 bits per heavy atom. The van der Waals surface area contributed by atoms with Crippen LogP contribution in [0.4, 0.5) is 0 Å². The Morgan fingerprint density at radius 3 is 2.76 bits per heavy atom. The van der Waals surface area contributed by atoms with Crippen LogP contribution in [-0.2, 0) is 16.0 Å². The summed E-state index contributed by atoms with van der Waals surface area (Å²) in [5.41, 5.74) is 0.555. The van der Waals surface area contributed by atoms with E-state index in [9.17, 15) is 9.59 Å². The van der Waals surface area contributed by atoms with Gasteiger partial charge in [0.25, 0.3) is 0 Å². The molecule has 2 amide bonds. The molecule has 0 bridgehead atoms. The number of nitrogens with zero attached hydrogens (tertiary/aromatic N) is 1. The Bertz CT molecular complexity index is 538. The molecule has 1 aromatic rings. The van der Waals surface area contributed by atoms with Crippen LogP contribution in [0.2, 0.25) is 0 Å². The molecule has 4 nitrogen and oxygen atoms in total. The van der Waals surface area contributed by atoms with Gasteiger partial charge in [-0.1, -0.05) is 6.92 Å². The summed E-state index contributed by atoms with van der Waals surface area (Å²) >= 11 is 1.67. The minimum absolute atomic E-state index is 0.0109. The number of hydrogen-bond donors (Lipinski definition) is 1. The molecule has 21 heavy (non-hydrogen) atoms. The maximum Gasteiger partial charge on any atom is 0.249 e. The van der Waals surface area contributed by atoms with Gasteiger partial charge in [0.1, 0.15) is 11.6 Å². The van der Waals surface area contributed by atoms with E-state index in [1.807, 2.05) is 24.1 Å². The second kappa shape index (κ2) is 5.44. The van der Waals surface area contributed by atoms with E-state index in [2.05, 4.69) is 16.8 Å². The largest absolute Gasteiger partial charge is 0.340 e. The molecule has 2 fully saturated rings. The molecule has 2 atom stereocenters. The van der Waals surface area contributed by atoms with Crippen molar-refractivity contribution >= 4 is 23.2 Å². The molecular formula is C16H22N2O2S. The lowest BCUT2D eigenvalue weighted by Gasteiger charge is -2.44. The Kier molecular flexibility index (Phi) is 3.78. The molecular weight excluding hydrogens is 284 g/mol. The predicted molar refractivity (Wildman–Crippen MR) is 83.1 cm³/mol. The smallest absolute Gasteiger partial charge is 0.249 e. The highest BCUT2D eigenvalue weighted by Gasteiger charge is 2.54. The number of piperazine rings is 1. The number of amides is 2. The van der Waals surface area contributed by atoms with E-state index in [0.29, 0.717) is 18.9 Å². The van der Waals surface area contributed by atoms with E-state index in [4.69, 9.17) is 0 Å². The van der Waals surface area contributed by atoms with Gasteiger partial charge >= 0.3 is 0 Å². The first-order valence-corrected chi connectivity index (χ1v) is 8.64. The molecule has 2 heterocycles. The minimum Gasteiger partial charge on any atom is -0.340 e. The molecule has 3 rings (SSSR count). The average Bonchev–Trinajstić information content (AvgIpc) is 3.20. The molecule has 0 spiro atoms. The molecule has 1 saturated carbocycles. The van der Waals surface area contributed by atoms with Gasteiger partial charge in [0.2, 0.25) is 11.8 Å². The van der Waals surface area contributed by atoms with Crippen LogP contribution in [0.5, 0.6) is 0 Å². The quantitative estimate of drug-likeness (QED) is 0.906. The Labute approximate surface area is 129 Å². The van der Waals surface area contributed by atoms with Crippen molar-refractivity contribution in [1.29, 1.82) is 0 Å². The molecule has 5 heteroatoms. The molecule has 1 saturated heterocycles. The minimum atomic E-state index is -0.683. The number of nitrogens with one attached hydrogen (secondary N) is 1. The topological polar surface area (TPSA) is 49.4 Å². The summed E-state index contributed by atoms with van der Waals surface area (Å²) in [5.74, 6) is 0.430. The summed E-state index contributed by atoms with van der Waals surface area (Å²) in [6.07, 6.45) is 3.57. The molecule has 2 unspecified atom stereocenters. The normalized spacial score (nSPS) is 29.6. The van der Waals surface area contributed by atoms with Gasteiger partial charge in [0, 0.05) is 6.54 Å². The van der Waals surface area contributed by atoms with Crippen molar-refractivity contribution in [3.05, 3.63) is 22.4 Å². The molecule has 2 aliphatic rings. The van der Waals surface area contributed by atoms with Crippen molar-refractivity contribution in [2.75, 3.05) is 6.54 Å². The van der Waals surface area contributed by atoms with Gasteiger partial charge in [-0.05, 0) is 60.9 Å². The summed E-state index contributed by atoms with van der Waals surface area (Å²) in [7, 11) is 0. The number of carbonyl (C=O) groups excluding carboxylic acids is 2. The summed E-state index contributed by atoms with van der Waals surface area (Å²) < 4.78 is 0. The fourth-order valence-corrected chi connectivity index (χ4v) is 3.96. The highest BCUT2D eigenvalue weighted by molar-refractivity contribution is 7.07. The third kappa shape index (κ3) is 2.59. The predicted octanol–water partition coefficient (Wildman–Crippen LogP) is 2.20. The van der Waals surface area contributed by atoms with Crippen molar-refractivity contribution in [2.24, 2.45) is 5.92 Å². The van der Waals surface area contributed by atoms with Crippen molar-refractivity contribution < 1.29 is 9.59 Å². The van der Waals surface area contributed by atoms with Crippen LogP contribution in [0, 0.1) is 5.92 Å². The molecule has 1 aliphatic heterocycles. The second-order valence-corrected chi connectivity index (χ2v) is 7.05. The first-order chi connectivity index (χ1) is 10.1. The van der Waals surface area contributed by atoms with Gasteiger partial charge in [0.05, 0.1) is 0 Å². The van der Waals surface area contributed by atoms with Gasteiger partial charge in [-0.3, -0.25) is 9.59 Å². The second-order valence-electron chi connectivity index (χ2n) is 6.27. The van der Waals surface area contributed by atoms with E-state index < -0.39 is 5.54 Å². The van der Waals surface area contributed by atoms with Crippen LogP contribution in [0.1, 0.15) is 38.7 Å². The van der Waals surface area contributed by atoms with Crippen molar-refractivity contribution in [1.82, 2.24) is 10.2 Å². The molecule has 114 valence electrons. The van der Waals surface area contributed by atoms with Crippen LogP contribution < -0.4 is 5.32 Å². The third-order valence-corrected chi connectivity index (χ3v) is 5.50. The van der Waals surface area contributed by atoms with Crippen molar-refractivity contribution in [3.63, 3.8) is 0 Å². The van der Waals surface area contributed by atoms with Crippen LogP contribution in [0.3, 0.4) is 0 Å². The maximum absolute atomic E-state index is 12.9. The maximum atomic E-state index is 12.9. The number of thiophene rings is 1. The molecule has 0 radical (unpaired) electrons. The lowest BCUT2D eigenvalue weighted by atomic mass is 9.88. The molecule has 0 aromatic carbocycles. The summed E-state index contributed by atoms with van der Waals surface area (Å²) in [6.45, 7) is 4.49. The van der Waals surface area contributed by atoms with E-state index in [0.717, 1.165) is 19.3 Å². The van der Waals surface area contributed by atoms with Gasteiger partial charge in [-0.25, -0.2) is 0 Å². The Hall–Kier alpha value is -1.36.